The summed E-state index contributed by atoms with van der Waals surface area (Å²) in [7, 11) is 3.19. The number of benzene rings is 2. The van der Waals surface area contributed by atoms with Crippen molar-refractivity contribution in [3.05, 3.63) is 76.4 Å². The molecule has 2 aromatic carbocycles. The number of carbonyl (C=O) groups excluding carboxylic acids is 1. The lowest BCUT2D eigenvalue weighted by molar-refractivity contribution is -0.122. The molecule has 1 amide bonds. The van der Waals surface area contributed by atoms with Crippen LogP contribution in [0.3, 0.4) is 0 Å². The van der Waals surface area contributed by atoms with Crippen LogP contribution in [0.25, 0.3) is 17.4 Å². The molecule has 3 aromatic rings. The highest BCUT2D eigenvalue weighted by atomic mass is 32.2. The molecule has 0 aliphatic carbocycles. The van der Waals surface area contributed by atoms with Crippen molar-refractivity contribution in [2.75, 3.05) is 20.8 Å². The second kappa shape index (κ2) is 12.2. The van der Waals surface area contributed by atoms with Crippen LogP contribution in [0.5, 0.6) is 11.5 Å². The number of amides is 1. The number of furan rings is 1. The van der Waals surface area contributed by atoms with E-state index in [9.17, 15) is 4.79 Å². The van der Waals surface area contributed by atoms with Gasteiger partial charge in [-0.3, -0.25) is 9.69 Å². The van der Waals surface area contributed by atoms with Crippen molar-refractivity contribution < 1.29 is 18.7 Å². The maximum atomic E-state index is 12.9. The van der Waals surface area contributed by atoms with E-state index in [1.165, 1.54) is 11.8 Å². The van der Waals surface area contributed by atoms with Gasteiger partial charge in [0.25, 0.3) is 5.91 Å². The van der Waals surface area contributed by atoms with Gasteiger partial charge in [-0.25, -0.2) is 0 Å². The molecule has 4 rings (SSSR count). The lowest BCUT2D eigenvalue weighted by Crippen LogP contribution is -2.30. The summed E-state index contributed by atoms with van der Waals surface area (Å²) in [5.41, 5.74) is 2.46. The Kier molecular flexibility index (Phi) is 9.12. The van der Waals surface area contributed by atoms with Gasteiger partial charge < -0.3 is 13.9 Å². The molecule has 0 atom stereocenters. The fourth-order valence-corrected chi connectivity index (χ4v) is 4.68. The van der Waals surface area contributed by atoms with Crippen molar-refractivity contribution in [1.29, 1.82) is 5.26 Å². The zero-order chi connectivity index (χ0) is 25.4. The average molecular weight is 507 g/mol. The highest BCUT2D eigenvalue weighted by molar-refractivity contribution is 8.26. The molecule has 0 spiro atoms. The van der Waals surface area contributed by atoms with Crippen LogP contribution in [0.2, 0.25) is 0 Å². The largest absolute Gasteiger partial charge is 0.493 e. The van der Waals surface area contributed by atoms with Gasteiger partial charge in [-0.15, -0.1) is 0 Å². The number of hydrogen-bond acceptors (Lipinski definition) is 7. The van der Waals surface area contributed by atoms with Gasteiger partial charge in [0.2, 0.25) is 0 Å². The molecular formula is C27H26N2O4S2. The molecule has 0 bridgehead atoms. The first kappa shape index (κ1) is 26.1. The first-order chi connectivity index (χ1) is 17.0. The van der Waals surface area contributed by atoms with E-state index in [-0.39, 0.29) is 5.91 Å². The zero-order valence-corrected chi connectivity index (χ0v) is 21.7. The minimum absolute atomic E-state index is 0.137. The van der Waals surface area contributed by atoms with E-state index in [0.717, 1.165) is 11.1 Å². The summed E-state index contributed by atoms with van der Waals surface area (Å²) < 4.78 is 17.0. The quantitative estimate of drug-likeness (QED) is 0.275. The number of carbonyl (C=O) groups is 1. The molecule has 180 valence electrons. The first-order valence-corrected chi connectivity index (χ1v) is 12.3. The number of thioether (sulfide) groups is 1. The minimum Gasteiger partial charge on any atom is -0.493 e. The average Bonchev–Trinajstić information content (AvgIpc) is 3.47. The number of nitrogens with zero attached hydrogens (tertiary/aromatic N) is 2. The van der Waals surface area contributed by atoms with Gasteiger partial charge in [0, 0.05) is 18.2 Å². The van der Waals surface area contributed by atoms with E-state index in [1.54, 1.807) is 37.3 Å². The lowest BCUT2D eigenvalue weighted by Gasteiger charge is -2.15. The number of nitriles is 1. The number of ether oxygens (including phenoxy) is 2. The van der Waals surface area contributed by atoms with E-state index in [2.05, 4.69) is 6.07 Å². The van der Waals surface area contributed by atoms with Crippen molar-refractivity contribution in [2.24, 2.45) is 0 Å². The van der Waals surface area contributed by atoms with Crippen LogP contribution in [-0.2, 0) is 11.2 Å². The van der Waals surface area contributed by atoms with Crippen LogP contribution in [0.15, 0.2) is 63.9 Å². The molecule has 1 aliphatic rings. The summed E-state index contributed by atoms with van der Waals surface area (Å²) in [6.07, 6.45) is 2.34. The summed E-state index contributed by atoms with van der Waals surface area (Å²) >= 11 is 6.71. The Morgan fingerprint density at radius 1 is 1.06 bits per heavy atom. The standard InChI is InChI=1S/C25H20N2O4S2.C2H6/c1-29-21-9-5-16(13-22(21)30-2)11-12-27-24(28)23(33-25(27)32)14-19-8-10-20(31-19)18-6-3-17(15-26)4-7-18;1-2/h3-10,13-14H,11-12H2,1-2H3;1-2H3/b23-14+;. The normalized spacial score (nSPS) is 13.9. The maximum absolute atomic E-state index is 12.9. The molecule has 2 heterocycles. The molecular weight excluding hydrogens is 480 g/mol. The number of methoxy groups -OCH3 is 2. The molecule has 0 N–H and O–H groups in total. The van der Waals surface area contributed by atoms with Crippen molar-refractivity contribution in [3.63, 3.8) is 0 Å². The van der Waals surface area contributed by atoms with Crippen LogP contribution in [-0.4, -0.2) is 35.9 Å². The Morgan fingerprint density at radius 3 is 2.43 bits per heavy atom. The molecule has 1 aromatic heterocycles. The SMILES string of the molecule is CC.COc1ccc(CCN2C(=O)/C(=C\c3ccc(-c4ccc(C#N)cc4)o3)SC2=S)cc1OC. The van der Waals surface area contributed by atoms with Gasteiger partial charge in [-0.05, 0) is 60.5 Å². The molecule has 1 aliphatic heterocycles. The van der Waals surface area contributed by atoms with E-state index < -0.39 is 0 Å². The molecule has 1 saturated heterocycles. The molecule has 6 nitrogen and oxygen atoms in total. The Labute approximate surface area is 215 Å². The summed E-state index contributed by atoms with van der Waals surface area (Å²) in [6.45, 7) is 4.46. The Bertz CT molecular complexity index is 1270. The number of rotatable bonds is 7. The van der Waals surface area contributed by atoms with Crippen molar-refractivity contribution >= 4 is 40.3 Å². The summed E-state index contributed by atoms with van der Waals surface area (Å²) in [5.74, 6) is 2.40. The van der Waals surface area contributed by atoms with Crippen molar-refractivity contribution in [2.45, 2.75) is 20.3 Å². The predicted molar refractivity (Wildman–Crippen MR) is 143 cm³/mol. The molecule has 1 fully saturated rings. The molecule has 8 heteroatoms. The van der Waals surface area contributed by atoms with Crippen LogP contribution in [0.1, 0.15) is 30.7 Å². The van der Waals surface area contributed by atoms with Gasteiger partial charge in [-0.2, -0.15) is 5.26 Å². The first-order valence-electron chi connectivity index (χ1n) is 11.1. The third-order valence-corrected chi connectivity index (χ3v) is 6.52. The van der Waals surface area contributed by atoms with Crippen molar-refractivity contribution in [1.82, 2.24) is 4.90 Å². The minimum atomic E-state index is -0.137. The Hall–Kier alpha value is -3.54. The van der Waals surface area contributed by atoms with E-state index in [0.29, 0.717) is 50.8 Å². The summed E-state index contributed by atoms with van der Waals surface area (Å²) in [5, 5.41) is 8.94. The van der Waals surface area contributed by atoms with Crippen LogP contribution in [0.4, 0.5) is 0 Å². The second-order valence-electron chi connectivity index (χ2n) is 7.16. The molecule has 0 radical (unpaired) electrons. The van der Waals surface area contributed by atoms with Gasteiger partial charge in [0.05, 0.1) is 30.8 Å². The topological polar surface area (TPSA) is 75.7 Å². The monoisotopic (exact) mass is 506 g/mol. The van der Waals surface area contributed by atoms with Crippen molar-refractivity contribution in [3.8, 4) is 28.9 Å². The second-order valence-corrected chi connectivity index (χ2v) is 8.84. The fourth-order valence-electron chi connectivity index (χ4n) is 3.39. The smallest absolute Gasteiger partial charge is 0.266 e. The number of thiocarbonyl (C=S) groups is 1. The zero-order valence-electron chi connectivity index (χ0n) is 20.0. The summed E-state index contributed by atoms with van der Waals surface area (Å²) in [6, 6.07) is 18.6. The van der Waals surface area contributed by atoms with Crippen LogP contribution in [0, 0.1) is 11.3 Å². The highest BCUT2D eigenvalue weighted by Crippen LogP contribution is 2.34. The van der Waals surface area contributed by atoms with E-state index >= 15 is 0 Å². The molecule has 35 heavy (non-hydrogen) atoms. The number of hydrogen-bond donors (Lipinski definition) is 0. The highest BCUT2D eigenvalue weighted by Gasteiger charge is 2.32. The van der Waals surface area contributed by atoms with Gasteiger partial charge in [-0.1, -0.05) is 43.9 Å². The van der Waals surface area contributed by atoms with E-state index in [1.807, 2.05) is 56.3 Å². The lowest BCUT2D eigenvalue weighted by atomic mass is 10.1. The van der Waals surface area contributed by atoms with Gasteiger partial charge in [0.1, 0.15) is 15.8 Å². The Balaban J connectivity index is 0.00000167. The van der Waals surface area contributed by atoms with Crippen LogP contribution >= 0.6 is 24.0 Å². The summed E-state index contributed by atoms with van der Waals surface area (Å²) in [4.78, 5) is 15.1. The van der Waals surface area contributed by atoms with Gasteiger partial charge in [0.15, 0.2) is 11.5 Å². The maximum Gasteiger partial charge on any atom is 0.266 e. The Morgan fingerprint density at radius 2 is 1.77 bits per heavy atom. The molecule has 0 saturated carbocycles. The third-order valence-electron chi connectivity index (χ3n) is 5.14. The van der Waals surface area contributed by atoms with Gasteiger partial charge >= 0.3 is 0 Å². The fraction of sp³-hybridized carbons (Fsp3) is 0.222. The van der Waals surface area contributed by atoms with E-state index in [4.69, 9.17) is 31.4 Å². The van der Waals surface area contributed by atoms with Crippen LogP contribution < -0.4 is 9.47 Å². The molecule has 0 unspecified atom stereocenters. The predicted octanol–water partition coefficient (Wildman–Crippen LogP) is 6.31. The third kappa shape index (κ3) is 6.13.